The molecule has 0 aliphatic heterocycles. The number of nitrogens with zero attached hydrogens (tertiary/aromatic N) is 2. The molecule has 1 heterocycles. The van der Waals surface area contributed by atoms with Crippen molar-refractivity contribution in [1.29, 1.82) is 0 Å². The molecule has 1 aromatic heterocycles. The number of hydrogen-bond donors (Lipinski definition) is 2. The number of aliphatic imine (C=N–C) groups is 1. The predicted octanol–water partition coefficient (Wildman–Crippen LogP) is 3.44. The molecule has 0 saturated carbocycles. The monoisotopic (exact) mass is 408 g/mol. The Hall–Kier alpha value is -2.02. The van der Waals surface area contributed by atoms with Crippen molar-refractivity contribution < 1.29 is 9.26 Å². The lowest BCUT2D eigenvalue weighted by atomic mass is 10.1. The molecule has 0 amide bonds. The maximum absolute atomic E-state index is 5.40. The van der Waals surface area contributed by atoms with E-state index in [4.69, 9.17) is 9.26 Å². The predicted molar refractivity (Wildman–Crippen MR) is 103 cm³/mol. The van der Waals surface area contributed by atoms with Crippen LogP contribution in [0.4, 0.5) is 0 Å². The van der Waals surface area contributed by atoms with Gasteiger partial charge in [0, 0.05) is 32.1 Å². The van der Waals surface area contributed by atoms with E-state index in [-0.39, 0.29) is 0 Å². The van der Waals surface area contributed by atoms with E-state index in [2.05, 4.69) is 50.6 Å². The van der Waals surface area contributed by atoms with Crippen LogP contribution in [-0.2, 0) is 25.9 Å². The number of aromatic nitrogens is 1. The fourth-order valence-corrected chi connectivity index (χ4v) is 3.12. The lowest BCUT2D eigenvalue weighted by molar-refractivity contribution is 0.380. The Morgan fingerprint density at radius 2 is 2.00 bits per heavy atom. The molecule has 2 N–H and O–H groups in total. The smallest absolute Gasteiger partial charge is 0.191 e. The van der Waals surface area contributed by atoms with Gasteiger partial charge in [-0.05, 0) is 40.0 Å². The summed E-state index contributed by atoms with van der Waals surface area (Å²) in [6.07, 6.45) is 1.68. The standard InChI is InChI=1S/C18H25BrN4O2/c1-5-15-13(16(6-2)25-23-15)11-22-18(20-3)21-10-12-7-8-17(24-4)14(19)9-12/h7-9H,5-6,10-11H2,1-4H3,(H2,20,21,22). The zero-order valence-corrected chi connectivity index (χ0v) is 16.7. The molecule has 0 saturated heterocycles. The van der Waals surface area contributed by atoms with E-state index >= 15 is 0 Å². The van der Waals surface area contributed by atoms with Crippen molar-refractivity contribution in [2.24, 2.45) is 4.99 Å². The first kappa shape index (κ1) is 19.3. The zero-order valence-electron chi connectivity index (χ0n) is 15.1. The second-order valence-electron chi connectivity index (χ2n) is 5.49. The Bertz CT molecular complexity index is 706. The Balaban J connectivity index is 1.95. The summed E-state index contributed by atoms with van der Waals surface area (Å²) in [5.74, 6) is 2.48. The summed E-state index contributed by atoms with van der Waals surface area (Å²) in [6, 6.07) is 5.99. The van der Waals surface area contributed by atoms with Gasteiger partial charge in [-0.25, -0.2) is 0 Å². The molecule has 0 aliphatic carbocycles. The number of halogens is 1. The molecule has 0 unspecified atom stereocenters. The van der Waals surface area contributed by atoms with Crippen LogP contribution < -0.4 is 15.4 Å². The van der Waals surface area contributed by atoms with Crippen LogP contribution in [0.15, 0.2) is 32.2 Å². The van der Waals surface area contributed by atoms with Crippen LogP contribution in [0.2, 0.25) is 0 Å². The molecule has 1 aromatic carbocycles. The lowest BCUT2D eigenvalue weighted by Crippen LogP contribution is -2.36. The van der Waals surface area contributed by atoms with Crippen LogP contribution in [0.3, 0.4) is 0 Å². The van der Waals surface area contributed by atoms with Crippen LogP contribution in [-0.4, -0.2) is 25.3 Å². The minimum Gasteiger partial charge on any atom is -0.496 e. The van der Waals surface area contributed by atoms with Gasteiger partial charge in [0.2, 0.25) is 0 Å². The summed E-state index contributed by atoms with van der Waals surface area (Å²) >= 11 is 3.50. The highest BCUT2D eigenvalue weighted by Crippen LogP contribution is 2.25. The van der Waals surface area contributed by atoms with E-state index in [1.54, 1.807) is 14.2 Å². The Morgan fingerprint density at radius 3 is 2.60 bits per heavy atom. The summed E-state index contributed by atoms with van der Waals surface area (Å²) in [7, 11) is 3.41. The average Bonchev–Trinajstić information content (AvgIpc) is 3.04. The molecule has 0 fully saturated rings. The number of nitrogens with one attached hydrogen (secondary N) is 2. The molecule has 136 valence electrons. The maximum Gasteiger partial charge on any atom is 0.191 e. The third-order valence-electron chi connectivity index (χ3n) is 3.94. The first-order valence-corrected chi connectivity index (χ1v) is 9.15. The summed E-state index contributed by atoms with van der Waals surface area (Å²) in [5, 5.41) is 10.8. The van der Waals surface area contributed by atoms with Crippen molar-refractivity contribution in [3.8, 4) is 5.75 Å². The molecular formula is C18H25BrN4O2. The molecule has 0 atom stereocenters. The number of guanidine groups is 1. The van der Waals surface area contributed by atoms with Gasteiger partial charge in [0.05, 0.1) is 17.3 Å². The maximum atomic E-state index is 5.40. The second kappa shape index (κ2) is 9.46. The van der Waals surface area contributed by atoms with Gasteiger partial charge >= 0.3 is 0 Å². The normalized spacial score (nSPS) is 11.5. The quantitative estimate of drug-likeness (QED) is 0.542. The second-order valence-corrected chi connectivity index (χ2v) is 6.34. The van der Waals surface area contributed by atoms with Crippen LogP contribution in [0, 0.1) is 0 Å². The molecule has 6 nitrogen and oxygen atoms in total. The number of aryl methyl sites for hydroxylation is 2. The van der Waals surface area contributed by atoms with E-state index in [0.717, 1.165) is 51.6 Å². The van der Waals surface area contributed by atoms with Crippen molar-refractivity contribution in [2.45, 2.75) is 39.8 Å². The number of ether oxygens (including phenoxy) is 1. The largest absolute Gasteiger partial charge is 0.496 e. The first-order chi connectivity index (χ1) is 12.1. The van der Waals surface area contributed by atoms with Crippen molar-refractivity contribution >= 4 is 21.9 Å². The van der Waals surface area contributed by atoms with Crippen LogP contribution in [0.1, 0.15) is 36.4 Å². The summed E-state index contributed by atoms with van der Waals surface area (Å²) in [4.78, 5) is 4.28. The van der Waals surface area contributed by atoms with Gasteiger partial charge in [0.25, 0.3) is 0 Å². The molecule has 2 aromatic rings. The Labute approximate surface area is 157 Å². The SMILES string of the molecule is CCc1noc(CC)c1CNC(=NC)NCc1ccc(OC)c(Br)c1. The third kappa shape index (κ3) is 4.98. The number of rotatable bonds is 7. The highest BCUT2D eigenvalue weighted by atomic mass is 79.9. The van der Waals surface area contributed by atoms with Gasteiger partial charge in [-0.1, -0.05) is 25.1 Å². The van der Waals surface area contributed by atoms with Gasteiger partial charge < -0.3 is 19.9 Å². The van der Waals surface area contributed by atoms with E-state index in [1.807, 2.05) is 18.2 Å². The van der Waals surface area contributed by atoms with Gasteiger partial charge in [-0.2, -0.15) is 0 Å². The van der Waals surface area contributed by atoms with E-state index in [0.29, 0.717) is 13.1 Å². The van der Waals surface area contributed by atoms with Gasteiger partial charge in [-0.15, -0.1) is 0 Å². The van der Waals surface area contributed by atoms with Crippen LogP contribution >= 0.6 is 15.9 Å². The Morgan fingerprint density at radius 1 is 1.24 bits per heavy atom. The zero-order chi connectivity index (χ0) is 18.2. The van der Waals surface area contributed by atoms with Gasteiger partial charge in [0.1, 0.15) is 11.5 Å². The van der Waals surface area contributed by atoms with Crippen molar-refractivity contribution in [3.63, 3.8) is 0 Å². The topological polar surface area (TPSA) is 71.7 Å². The molecule has 0 bridgehead atoms. The van der Waals surface area contributed by atoms with Crippen molar-refractivity contribution in [3.05, 3.63) is 45.3 Å². The van der Waals surface area contributed by atoms with Crippen molar-refractivity contribution in [1.82, 2.24) is 15.8 Å². The molecule has 7 heteroatoms. The average molecular weight is 409 g/mol. The minimum absolute atomic E-state index is 0.641. The van der Waals surface area contributed by atoms with Crippen molar-refractivity contribution in [2.75, 3.05) is 14.2 Å². The number of benzene rings is 1. The summed E-state index contributed by atoms with van der Waals surface area (Å²) in [5.41, 5.74) is 3.25. The molecule has 0 radical (unpaired) electrons. The number of methoxy groups -OCH3 is 1. The van der Waals surface area contributed by atoms with E-state index < -0.39 is 0 Å². The molecule has 0 spiro atoms. The fraction of sp³-hybridized carbons (Fsp3) is 0.444. The number of hydrogen-bond acceptors (Lipinski definition) is 4. The van der Waals surface area contributed by atoms with Crippen LogP contribution in [0.5, 0.6) is 5.75 Å². The fourth-order valence-electron chi connectivity index (χ4n) is 2.54. The van der Waals surface area contributed by atoms with Gasteiger partial charge in [-0.3, -0.25) is 4.99 Å². The highest BCUT2D eigenvalue weighted by Gasteiger charge is 2.13. The van der Waals surface area contributed by atoms with E-state index in [9.17, 15) is 0 Å². The minimum atomic E-state index is 0.641. The van der Waals surface area contributed by atoms with Crippen LogP contribution in [0.25, 0.3) is 0 Å². The molecule has 2 rings (SSSR count). The summed E-state index contributed by atoms with van der Waals surface area (Å²) < 4.78 is 11.6. The summed E-state index contributed by atoms with van der Waals surface area (Å²) in [6.45, 7) is 5.45. The van der Waals surface area contributed by atoms with E-state index in [1.165, 1.54) is 0 Å². The molecule has 25 heavy (non-hydrogen) atoms. The molecule has 0 aliphatic rings. The molecular weight excluding hydrogens is 384 g/mol. The highest BCUT2D eigenvalue weighted by molar-refractivity contribution is 9.10. The Kier molecular flexibility index (Phi) is 7.31. The lowest BCUT2D eigenvalue weighted by Gasteiger charge is -2.13. The van der Waals surface area contributed by atoms with Gasteiger partial charge in [0.15, 0.2) is 5.96 Å². The first-order valence-electron chi connectivity index (χ1n) is 8.36. The third-order valence-corrected chi connectivity index (χ3v) is 4.56.